The summed E-state index contributed by atoms with van der Waals surface area (Å²) < 4.78 is 4.87. The average Bonchev–Trinajstić information content (AvgIpc) is 3.45. The maximum Gasteiger partial charge on any atom is 0.308 e. The fourth-order valence-corrected chi connectivity index (χ4v) is 3.68. The van der Waals surface area contributed by atoms with E-state index in [0.717, 1.165) is 45.0 Å². The van der Waals surface area contributed by atoms with Crippen molar-refractivity contribution in [2.24, 2.45) is 16.8 Å². The first-order valence-corrected chi connectivity index (χ1v) is 9.39. The van der Waals surface area contributed by atoms with Crippen LogP contribution in [0, 0.1) is 11.8 Å². The fraction of sp³-hybridized carbons (Fsp3) is 0.600. The molecule has 0 radical (unpaired) electrons. The number of esters is 1. The minimum atomic E-state index is -0.0785. The molecule has 2 fully saturated rings. The van der Waals surface area contributed by atoms with Gasteiger partial charge in [-0.05, 0) is 43.6 Å². The number of hydrogen-bond donors (Lipinski definition) is 1. The van der Waals surface area contributed by atoms with Gasteiger partial charge >= 0.3 is 5.97 Å². The van der Waals surface area contributed by atoms with Crippen molar-refractivity contribution in [3.05, 3.63) is 35.9 Å². The summed E-state index contributed by atoms with van der Waals surface area (Å²) in [5, 5.41) is 3.41. The highest BCUT2D eigenvalue weighted by atomic mass is 16.5. The van der Waals surface area contributed by atoms with E-state index in [1.54, 1.807) is 0 Å². The van der Waals surface area contributed by atoms with Crippen LogP contribution in [0.25, 0.3) is 0 Å². The Labute approximate surface area is 150 Å². The Hall–Kier alpha value is -2.04. The van der Waals surface area contributed by atoms with Crippen LogP contribution in [0.3, 0.4) is 0 Å². The maximum absolute atomic E-state index is 11.7. The summed E-state index contributed by atoms with van der Waals surface area (Å²) in [6.07, 6.45) is 2.91. The van der Waals surface area contributed by atoms with Crippen molar-refractivity contribution < 1.29 is 9.53 Å². The van der Waals surface area contributed by atoms with E-state index in [0.29, 0.717) is 11.8 Å². The zero-order valence-corrected chi connectivity index (χ0v) is 15.3. The van der Waals surface area contributed by atoms with Gasteiger partial charge in [0.15, 0.2) is 5.96 Å². The van der Waals surface area contributed by atoms with Gasteiger partial charge in [-0.25, -0.2) is 0 Å². The van der Waals surface area contributed by atoms with E-state index in [-0.39, 0.29) is 11.9 Å². The molecule has 0 aromatic heterocycles. The summed E-state index contributed by atoms with van der Waals surface area (Å²) in [6, 6.07) is 10.7. The second kappa shape index (κ2) is 8.37. The lowest BCUT2D eigenvalue weighted by molar-refractivity contribution is -0.146. The van der Waals surface area contributed by atoms with Crippen molar-refractivity contribution >= 4 is 11.9 Å². The van der Waals surface area contributed by atoms with Gasteiger partial charge in [-0.3, -0.25) is 9.79 Å². The molecule has 5 heteroatoms. The number of carbonyl (C=O) groups is 1. The molecule has 3 rings (SSSR count). The van der Waals surface area contributed by atoms with Gasteiger partial charge in [0.2, 0.25) is 0 Å². The largest absolute Gasteiger partial charge is 0.469 e. The summed E-state index contributed by atoms with van der Waals surface area (Å²) in [7, 11) is 1.47. The number of methoxy groups -OCH3 is 1. The van der Waals surface area contributed by atoms with Crippen LogP contribution in [0.15, 0.2) is 35.3 Å². The van der Waals surface area contributed by atoms with Gasteiger partial charge in [-0.1, -0.05) is 30.3 Å². The lowest BCUT2D eigenvalue weighted by atomic mass is 9.97. The molecule has 1 saturated carbocycles. The molecule has 1 heterocycles. The molecule has 136 valence electrons. The van der Waals surface area contributed by atoms with E-state index in [2.05, 4.69) is 47.5 Å². The first-order valence-electron chi connectivity index (χ1n) is 9.39. The van der Waals surface area contributed by atoms with Crippen molar-refractivity contribution in [3.63, 3.8) is 0 Å². The third-order valence-electron chi connectivity index (χ3n) is 5.29. The summed E-state index contributed by atoms with van der Waals surface area (Å²) in [6.45, 7) is 5.55. The molecule has 2 unspecified atom stereocenters. The molecule has 1 aromatic carbocycles. The Kier molecular flexibility index (Phi) is 5.95. The molecule has 0 bridgehead atoms. The molecule has 1 saturated heterocycles. The van der Waals surface area contributed by atoms with E-state index in [1.165, 1.54) is 19.1 Å². The average molecular weight is 343 g/mol. The van der Waals surface area contributed by atoms with Gasteiger partial charge in [-0.15, -0.1) is 0 Å². The van der Waals surface area contributed by atoms with Crippen LogP contribution in [0.2, 0.25) is 0 Å². The SMILES string of the molecule is CCNC(=NCC1CC1c1ccccc1)N1CCC(C(=O)OC)CC1. The minimum Gasteiger partial charge on any atom is -0.469 e. The third kappa shape index (κ3) is 4.53. The Balaban J connectivity index is 1.53. The molecule has 2 aliphatic rings. The molecule has 1 aromatic rings. The molecule has 1 aliphatic heterocycles. The molecule has 1 N–H and O–H groups in total. The van der Waals surface area contributed by atoms with E-state index in [1.807, 2.05) is 0 Å². The fourth-order valence-electron chi connectivity index (χ4n) is 3.68. The van der Waals surface area contributed by atoms with Gasteiger partial charge in [0.25, 0.3) is 0 Å². The first kappa shape index (κ1) is 17.8. The lowest BCUT2D eigenvalue weighted by Gasteiger charge is -2.33. The van der Waals surface area contributed by atoms with Crippen LogP contribution < -0.4 is 5.32 Å². The quantitative estimate of drug-likeness (QED) is 0.507. The Morgan fingerprint density at radius 2 is 2.00 bits per heavy atom. The van der Waals surface area contributed by atoms with Gasteiger partial charge < -0.3 is 15.0 Å². The molecule has 1 aliphatic carbocycles. The highest BCUT2D eigenvalue weighted by Gasteiger charge is 2.38. The molecule has 25 heavy (non-hydrogen) atoms. The van der Waals surface area contributed by atoms with Crippen LogP contribution in [0.4, 0.5) is 0 Å². The molecular formula is C20H29N3O2. The molecule has 2 atom stereocenters. The zero-order valence-electron chi connectivity index (χ0n) is 15.3. The summed E-state index contributed by atoms with van der Waals surface area (Å²) in [5.41, 5.74) is 1.44. The third-order valence-corrected chi connectivity index (χ3v) is 5.29. The van der Waals surface area contributed by atoms with Crippen LogP contribution in [0.1, 0.15) is 37.7 Å². The minimum absolute atomic E-state index is 0.0371. The summed E-state index contributed by atoms with van der Waals surface area (Å²) >= 11 is 0. The Bertz CT molecular complexity index is 594. The number of hydrogen-bond acceptors (Lipinski definition) is 3. The van der Waals surface area contributed by atoms with Gasteiger partial charge in [0, 0.05) is 26.2 Å². The van der Waals surface area contributed by atoms with Crippen molar-refractivity contribution in [1.29, 1.82) is 0 Å². The molecular weight excluding hydrogens is 314 g/mol. The number of nitrogens with one attached hydrogen (secondary N) is 1. The second-order valence-corrected chi connectivity index (χ2v) is 6.99. The monoisotopic (exact) mass is 343 g/mol. The summed E-state index contributed by atoms with van der Waals surface area (Å²) in [4.78, 5) is 18.8. The standard InChI is InChI=1S/C20H29N3O2/c1-3-21-20(23-11-9-16(10-12-23)19(24)25-2)22-14-17-13-18(17)15-7-5-4-6-8-15/h4-8,16-18H,3,9-14H2,1-2H3,(H,21,22). The van der Waals surface area contributed by atoms with Crippen molar-refractivity contribution in [2.75, 3.05) is 33.3 Å². The van der Waals surface area contributed by atoms with Crippen molar-refractivity contribution in [2.45, 2.75) is 32.1 Å². The highest BCUT2D eigenvalue weighted by Crippen LogP contribution is 2.47. The smallest absolute Gasteiger partial charge is 0.308 e. The van der Waals surface area contributed by atoms with E-state index in [9.17, 15) is 4.79 Å². The van der Waals surface area contributed by atoms with Gasteiger partial charge in [0.1, 0.15) is 0 Å². The van der Waals surface area contributed by atoms with Crippen LogP contribution in [0.5, 0.6) is 0 Å². The topological polar surface area (TPSA) is 53.9 Å². The molecule has 5 nitrogen and oxygen atoms in total. The van der Waals surface area contributed by atoms with Crippen molar-refractivity contribution in [1.82, 2.24) is 10.2 Å². The van der Waals surface area contributed by atoms with Crippen molar-refractivity contribution in [3.8, 4) is 0 Å². The number of rotatable bonds is 5. The number of piperidine rings is 1. The van der Waals surface area contributed by atoms with E-state index >= 15 is 0 Å². The number of ether oxygens (including phenoxy) is 1. The maximum atomic E-state index is 11.7. The normalized spacial score (nSPS) is 24.1. The van der Waals surface area contributed by atoms with Crippen LogP contribution in [-0.4, -0.2) is 50.1 Å². The molecule has 0 spiro atoms. The van der Waals surface area contributed by atoms with E-state index in [4.69, 9.17) is 9.73 Å². The summed E-state index contributed by atoms with van der Waals surface area (Å²) in [5.74, 6) is 2.27. The predicted molar refractivity (Wildman–Crippen MR) is 99.6 cm³/mol. The number of guanidine groups is 1. The first-order chi connectivity index (χ1) is 12.2. The number of benzene rings is 1. The Morgan fingerprint density at radius 3 is 2.64 bits per heavy atom. The van der Waals surface area contributed by atoms with Crippen LogP contribution >= 0.6 is 0 Å². The predicted octanol–water partition coefficient (Wildman–Crippen LogP) is 2.64. The second-order valence-electron chi connectivity index (χ2n) is 6.99. The zero-order chi connectivity index (χ0) is 17.6. The Morgan fingerprint density at radius 1 is 1.28 bits per heavy atom. The van der Waals surface area contributed by atoms with Crippen LogP contribution in [-0.2, 0) is 9.53 Å². The molecule has 0 amide bonds. The van der Waals surface area contributed by atoms with Gasteiger partial charge in [0.05, 0.1) is 13.0 Å². The number of aliphatic imine (C=N–C) groups is 1. The lowest BCUT2D eigenvalue weighted by Crippen LogP contribution is -2.46. The highest BCUT2D eigenvalue weighted by molar-refractivity contribution is 5.80. The number of nitrogens with zero attached hydrogens (tertiary/aromatic N) is 2. The van der Waals surface area contributed by atoms with Gasteiger partial charge in [-0.2, -0.15) is 0 Å². The van der Waals surface area contributed by atoms with E-state index < -0.39 is 0 Å². The number of likely N-dealkylation sites (tertiary alicyclic amines) is 1. The number of carbonyl (C=O) groups excluding carboxylic acids is 1.